The highest BCUT2D eigenvalue weighted by Crippen LogP contribution is 2.16. The van der Waals surface area contributed by atoms with Crippen molar-refractivity contribution in [2.75, 3.05) is 40.0 Å². The highest BCUT2D eigenvalue weighted by atomic mass is 16.5. The van der Waals surface area contributed by atoms with Gasteiger partial charge in [-0.3, -0.25) is 9.59 Å². The topological polar surface area (TPSA) is 98.2 Å². The van der Waals surface area contributed by atoms with Gasteiger partial charge in [0.25, 0.3) is 5.91 Å². The second-order valence-electron chi connectivity index (χ2n) is 5.10. The maximum atomic E-state index is 12.5. The third-order valence-corrected chi connectivity index (χ3v) is 3.34. The molecule has 1 amide bonds. The number of nitrogens with zero attached hydrogens (tertiary/aromatic N) is 2. The summed E-state index contributed by atoms with van der Waals surface area (Å²) in [5.41, 5.74) is 0.325. The molecule has 0 aliphatic carbocycles. The van der Waals surface area contributed by atoms with Gasteiger partial charge in [0.05, 0.1) is 19.8 Å². The number of carbonyl (C=O) groups excluding carboxylic acids is 1. The summed E-state index contributed by atoms with van der Waals surface area (Å²) in [6, 6.07) is 3.05. The van der Waals surface area contributed by atoms with Crippen LogP contribution < -0.4 is 4.74 Å². The Bertz CT molecular complexity index is 545. The molecule has 1 aromatic heterocycles. The van der Waals surface area contributed by atoms with E-state index in [1.807, 2.05) is 0 Å². The van der Waals surface area contributed by atoms with Crippen molar-refractivity contribution in [3.05, 3.63) is 23.9 Å². The van der Waals surface area contributed by atoms with Crippen molar-refractivity contribution in [1.29, 1.82) is 0 Å². The van der Waals surface area contributed by atoms with E-state index in [2.05, 4.69) is 4.98 Å². The van der Waals surface area contributed by atoms with Crippen LogP contribution >= 0.6 is 0 Å². The lowest BCUT2D eigenvalue weighted by Gasteiger charge is -2.20. The van der Waals surface area contributed by atoms with E-state index in [0.717, 1.165) is 6.42 Å². The molecule has 0 spiro atoms. The molecule has 8 heteroatoms. The minimum absolute atomic E-state index is 0.0727. The molecule has 23 heavy (non-hydrogen) atoms. The van der Waals surface area contributed by atoms with Gasteiger partial charge in [-0.15, -0.1) is 0 Å². The first-order valence-electron chi connectivity index (χ1n) is 7.30. The van der Waals surface area contributed by atoms with Gasteiger partial charge in [-0.25, -0.2) is 4.98 Å². The van der Waals surface area contributed by atoms with Gasteiger partial charge in [-0.1, -0.05) is 0 Å². The molecule has 1 atom stereocenters. The summed E-state index contributed by atoms with van der Waals surface area (Å²) >= 11 is 0. The molecule has 2 heterocycles. The third-order valence-electron chi connectivity index (χ3n) is 3.34. The molecular formula is C15H20N2O6. The Morgan fingerprint density at radius 1 is 1.52 bits per heavy atom. The highest BCUT2D eigenvalue weighted by molar-refractivity contribution is 5.96. The summed E-state index contributed by atoms with van der Waals surface area (Å²) in [4.78, 5) is 28.7. The zero-order chi connectivity index (χ0) is 16.7. The van der Waals surface area contributed by atoms with Crippen molar-refractivity contribution >= 4 is 11.9 Å². The summed E-state index contributed by atoms with van der Waals surface area (Å²) in [5, 5.41) is 8.94. The fraction of sp³-hybridized carbons (Fsp3) is 0.533. The number of rotatable bonds is 8. The lowest BCUT2D eigenvalue weighted by molar-refractivity contribution is -0.137. The van der Waals surface area contributed by atoms with Crippen LogP contribution in [0.5, 0.6) is 5.88 Å². The van der Waals surface area contributed by atoms with Gasteiger partial charge in [0.15, 0.2) is 0 Å². The molecule has 1 fully saturated rings. The number of ether oxygens (including phenoxy) is 3. The maximum absolute atomic E-state index is 12.5. The van der Waals surface area contributed by atoms with Crippen molar-refractivity contribution in [1.82, 2.24) is 9.88 Å². The van der Waals surface area contributed by atoms with Crippen LogP contribution in [0.1, 0.15) is 16.8 Å². The predicted molar refractivity (Wildman–Crippen MR) is 79.5 cm³/mol. The summed E-state index contributed by atoms with van der Waals surface area (Å²) in [6.07, 6.45) is 2.17. The van der Waals surface area contributed by atoms with E-state index in [9.17, 15) is 9.59 Å². The highest BCUT2D eigenvalue weighted by Gasteiger charge is 2.21. The molecular weight excluding hydrogens is 304 g/mol. The number of carboxylic acids is 1. The monoisotopic (exact) mass is 324 g/mol. The minimum atomic E-state index is -1.08. The molecule has 0 saturated carbocycles. The standard InChI is InChI=1S/C15H20N2O6/c1-21-7-5-17(9-14(18)19)15(20)11-2-4-16-13(8-11)23-12-3-6-22-10-12/h2,4,8,12H,3,5-7,9-10H2,1H3,(H,18,19). The van der Waals surface area contributed by atoms with Gasteiger partial charge >= 0.3 is 5.97 Å². The summed E-state index contributed by atoms with van der Waals surface area (Å²) < 4.78 is 15.8. The Hall–Kier alpha value is -2.19. The Kier molecular flexibility index (Phi) is 6.30. The summed E-state index contributed by atoms with van der Waals surface area (Å²) in [6.45, 7) is 1.20. The quantitative estimate of drug-likeness (QED) is 0.740. The Morgan fingerprint density at radius 3 is 3.00 bits per heavy atom. The van der Waals surface area contributed by atoms with Crippen molar-refractivity contribution in [2.45, 2.75) is 12.5 Å². The normalized spacial score (nSPS) is 17.0. The van der Waals surface area contributed by atoms with Gasteiger partial charge in [-0.05, 0) is 6.07 Å². The summed E-state index contributed by atoms with van der Waals surface area (Å²) in [7, 11) is 1.49. The molecule has 0 aromatic carbocycles. The third kappa shape index (κ3) is 5.19. The lowest BCUT2D eigenvalue weighted by Crippen LogP contribution is -2.38. The van der Waals surface area contributed by atoms with Crippen LogP contribution in [-0.4, -0.2) is 73.0 Å². The molecule has 0 bridgehead atoms. The van der Waals surface area contributed by atoms with E-state index in [0.29, 0.717) is 24.7 Å². The zero-order valence-electron chi connectivity index (χ0n) is 12.9. The molecule has 1 aliphatic heterocycles. The van der Waals surface area contributed by atoms with E-state index in [-0.39, 0.29) is 19.3 Å². The zero-order valence-corrected chi connectivity index (χ0v) is 12.9. The number of pyridine rings is 1. The first kappa shape index (κ1) is 17.2. The molecule has 1 aromatic rings. The van der Waals surface area contributed by atoms with Crippen LogP contribution in [0.4, 0.5) is 0 Å². The number of aliphatic carboxylic acids is 1. The Balaban J connectivity index is 2.07. The Labute approximate surface area is 134 Å². The molecule has 126 valence electrons. The fourth-order valence-corrected chi connectivity index (χ4v) is 2.18. The number of amides is 1. The van der Waals surface area contributed by atoms with Gasteiger partial charge in [0.2, 0.25) is 5.88 Å². The van der Waals surface area contributed by atoms with Gasteiger partial charge in [0, 0.05) is 37.9 Å². The number of aromatic nitrogens is 1. The molecule has 1 unspecified atom stereocenters. The van der Waals surface area contributed by atoms with Gasteiger partial charge in [-0.2, -0.15) is 0 Å². The van der Waals surface area contributed by atoms with Crippen LogP contribution in [0.15, 0.2) is 18.3 Å². The minimum Gasteiger partial charge on any atom is -0.480 e. The van der Waals surface area contributed by atoms with Crippen molar-refractivity contribution in [3.63, 3.8) is 0 Å². The van der Waals surface area contributed by atoms with Crippen LogP contribution in [0.2, 0.25) is 0 Å². The van der Waals surface area contributed by atoms with Gasteiger partial charge in [0.1, 0.15) is 12.6 Å². The van der Waals surface area contributed by atoms with E-state index >= 15 is 0 Å². The molecule has 1 N–H and O–H groups in total. The average Bonchev–Trinajstić information content (AvgIpc) is 3.03. The first-order chi connectivity index (χ1) is 11.1. The predicted octanol–water partition coefficient (Wildman–Crippen LogP) is 0.422. The van der Waals surface area contributed by atoms with Crippen LogP contribution in [0.25, 0.3) is 0 Å². The summed E-state index contributed by atoms with van der Waals surface area (Å²) in [5.74, 6) is -1.16. The maximum Gasteiger partial charge on any atom is 0.323 e. The van der Waals surface area contributed by atoms with Crippen LogP contribution in [0, 0.1) is 0 Å². The average molecular weight is 324 g/mol. The second-order valence-corrected chi connectivity index (χ2v) is 5.10. The molecule has 2 rings (SSSR count). The van der Waals surface area contributed by atoms with E-state index in [1.165, 1.54) is 30.3 Å². The smallest absolute Gasteiger partial charge is 0.323 e. The molecule has 1 saturated heterocycles. The number of carboxylic acid groups (broad SMARTS) is 1. The Morgan fingerprint density at radius 2 is 2.35 bits per heavy atom. The SMILES string of the molecule is COCCN(CC(=O)O)C(=O)c1ccnc(OC2CCOC2)c1. The number of methoxy groups -OCH3 is 1. The van der Waals surface area contributed by atoms with Crippen LogP contribution in [0.3, 0.4) is 0 Å². The number of carbonyl (C=O) groups is 2. The van der Waals surface area contributed by atoms with E-state index in [1.54, 1.807) is 0 Å². The molecule has 0 radical (unpaired) electrons. The van der Waals surface area contributed by atoms with E-state index in [4.69, 9.17) is 19.3 Å². The lowest BCUT2D eigenvalue weighted by atomic mass is 10.2. The van der Waals surface area contributed by atoms with Crippen molar-refractivity contribution < 1.29 is 28.9 Å². The van der Waals surface area contributed by atoms with Crippen LogP contribution in [-0.2, 0) is 14.3 Å². The van der Waals surface area contributed by atoms with Crippen molar-refractivity contribution in [2.24, 2.45) is 0 Å². The first-order valence-corrected chi connectivity index (χ1v) is 7.30. The fourth-order valence-electron chi connectivity index (χ4n) is 2.18. The number of hydrogen-bond donors (Lipinski definition) is 1. The largest absolute Gasteiger partial charge is 0.480 e. The molecule has 8 nitrogen and oxygen atoms in total. The van der Waals surface area contributed by atoms with E-state index < -0.39 is 18.4 Å². The number of hydrogen-bond acceptors (Lipinski definition) is 6. The molecule has 1 aliphatic rings. The van der Waals surface area contributed by atoms with Crippen molar-refractivity contribution in [3.8, 4) is 5.88 Å². The second kappa shape index (κ2) is 8.44. The van der Waals surface area contributed by atoms with Gasteiger partial charge < -0.3 is 24.2 Å².